The molecule has 1 aliphatic heterocycles. The zero-order valence-electron chi connectivity index (χ0n) is 20.5. The van der Waals surface area contributed by atoms with E-state index in [1.165, 1.54) is 23.9 Å². The Morgan fingerprint density at radius 3 is 2.37 bits per heavy atom. The number of halogens is 1. The maximum atomic E-state index is 14.4. The van der Waals surface area contributed by atoms with E-state index in [2.05, 4.69) is 0 Å². The number of carbonyl (C=O) groups is 1. The van der Waals surface area contributed by atoms with Crippen LogP contribution in [-0.4, -0.2) is 32.8 Å². The van der Waals surface area contributed by atoms with E-state index >= 15 is 0 Å². The van der Waals surface area contributed by atoms with Gasteiger partial charge >= 0.3 is 6.09 Å². The van der Waals surface area contributed by atoms with Gasteiger partial charge in [0.2, 0.25) is 0 Å². The highest BCUT2D eigenvalue weighted by atomic mass is 19.1. The molecule has 0 bridgehead atoms. The summed E-state index contributed by atoms with van der Waals surface area (Å²) in [6.07, 6.45) is 1.55. The Morgan fingerprint density at radius 1 is 1.11 bits per heavy atom. The summed E-state index contributed by atoms with van der Waals surface area (Å²) in [5, 5.41) is 10.6. The number of aliphatic hydroxyl groups is 1. The van der Waals surface area contributed by atoms with Crippen LogP contribution < -0.4 is 5.56 Å². The number of benzene rings is 2. The van der Waals surface area contributed by atoms with Gasteiger partial charge in [0, 0.05) is 44.3 Å². The minimum Gasteiger partial charge on any atom is -0.438 e. The summed E-state index contributed by atoms with van der Waals surface area (Å²) in [5.41, 5.74) is 0.339. The van der Waals surface area contributed by atoms with Crippen molar-refractivity contribution in [2.24, 2.45) is 7.05 Å². The minimum absolute atomic E-state index is 0.240. The van der Waals surface area contributed by atoms with Crippen LogP contribution in [0.4, 0.5) is 9.18 Å². The van der Waals surface area contributed by atoms with Gasteiger partial charge in [-0.1, -0.05) is 54.6 Å². The summed E-state index contributed by atoms with van der Waals surface area (Å²) < 4.78 is 21.7. The Kier molecular flexibility index (Phi) is 6.56. The molecule has 7 heteroatoms. The number of nitrogens with zero attached hydrogens (tertiary/aromatic N) is 2. The lowest BCUT2D eigenvalue weighted by molar-refractivity contribution is -0.101. The lowest BCUT2D eigenvalue weighted by Crippen LogP contribution is -2.51. The Labute approximate surface area is 204 Å². The monoisotopic (exact) mass is 478 g/mol. The van der Waals surface area contributed by atoms with Crippen molar-refractivity contribution in [2.45, 2.75) is 50.9 Å². The predicted octanol–water partition coefficient (Wildman–Crippen LogP) is 5.15. The fraction of sp³-hybridized carbons (Fsp3) is 0.357. The SMILES string of the molecule is CC(c1ccc(-c2cc(=O)n(C)cc2F)cc1)N1CCC(CC(C)(C)O)(c2ccccc2)OC1=O. The molecule has 3 aromatic rings. The second-order valence-corrected chi connectivity index (χ2v) is 9.94. The van der Waals surface area contributed by atoms with E-state index in [-0.39, 0.29) is 23.6 Å². The number of ether oxygens (including phenoxy) is 1. The van der Waals surface area contributed by atoms with E-state index in [9.17, 15) is 19.1 Å². The van der Waals surface area contributed by atoms with Crippen LogP contribution in [0.25, 0.3) is 11.1 Å². The lowest BCUT2D eigenvalue weighted by Gasteiger charge is -2.45. The Balaban J connectivity index is 1.55. The fourth-order valence-corrected chi connectivity index (χ4v) is 4.83. The van der Waals surface area contributed by atoms with Crippen molar-refractivity contribution in [2.75, 3.05) is 6.54 Å². The number of cyclic esters (lactones) is 1. The first-order valence-corrected chi connectivity index (χ1v) is 11.7. The van der Waals surface area contributed by atoms with Crippen LogP contribution in [0, 0.1) is 5.82 Å². The first kappa shape index (κ1) is 24.7. The van der Waals surface area contributed by atoms with Gasteiger partial charge in [-0.2, -0.15) is 0 Å². The first-order valence-electron chi connectivity index (χ1n) is 11.7. The van der Waals surface area contributed by atoms with Gasteiger partial charge in [-0.15, -0.1) is 0 Å². The van der Waals surface area contributed by atoms with Gasteiger partial charge in [0.05, 0.1) is 11.6 Å². The third kappa shape index (κ3) is 5.15. The second kappa shape index (κ2) is 9.30. The molecule has 1 fully saturated rings. The maximum Gasteiger partial charge on any atom is 0.411 e. The third-order valence-corrected chi connectivity index (χ3v) is 6.64. The number of hydrogen-bond acceptors (Lipinski definition) is 4. The molecule has 35 heavy (non-hydrogen) atoms. The zero-order chi connectivity index (χ0) is 25.4. The highest BCUT2D eigenvalue weighted by Crippen LogP contribution is 2.42. The van der Waals surface area contributed by atoms with Gasteiger partial charge in [-0.25, -0.2) is 9.18 Å². The van der Waals surface area contributed by atoms with E-state index in [0.717, 1.165) is 11.1 Å². The molecule has 2 unspecified atom stereocenters. The molecule has 1 saturated heterocycles. The number of rotatable bonds is 6. The van der Waals surface area contributed by atoms with Gasteiger partial charge in [-0.05, 0) is 37.5 Å². The molecule has 0 spiro atoms. The summed E-state index contributed by atoms with van der Waals surface area (Å²) in [6.45, 7) is 5.80. The third-order valence-electron chi connectivity index (χ3n) is 6.64. The Hall–Kier alpha value is -3.45. The summed E-state index contributed by atoms with van der Waals surface area (Å²) in [7, 11) is 1.51. The summed E-state index contributed by atoms with van der Waals surface area (Å²) in [5.74, 6) is -0.475. The average Bonchev–Trinajstić information content (AvgIpc) is 2.81. The average molecular weight is 479 g/mol. The normalized spacial score (nSPS) is 19.4. The van der Waals surface area contributed by atoms with Crippen LogP contribution in [0.15, 0.2) is 71.7 Å². The van der Waals surface area contributed by atoms with Crippen molar-refractivity contribution in [1.82, 2.24) is 9.47 Å². The molecule has 1 N–H and O–H groups in total. The van der Waals surface area contributed by atoms with Crippen molar-refractivity contribution >= 4 is 6.09 Å². The Morgan fingerprint density at radius 2 is 1.77 bits per heavy atom. The zero-order valence-corrected chi connectivity index (χ0v) is 20.5. The van der Waals surface area contributed by atoms with Crippen molar-refractivity contribution in [1.29, 1.82) is 0 Å². The number of aryl methyl sites for hydroxylation is 1. The van der Waals surface area contributed by atoms with E-state index in [4.69, 9.17) is 4.74 Å². The van der Waals surface area contributed by atoms with Crippen LogP contribution in [0.5, 0.6) is 0 Å². The topological polar surface area (TPSA) is 71.8 Å². The summed E-state index contributed by atoms with van der Waals surface area (Å²) >= 11 is 0. The van der Waals surface area contributed by atoms with Crippen molar-refractivity contribution in [3.63, 3.8) is 0 Å². The molecule has 1 aliphatic rings. The smallest absolute Gasteiger partial charge is 0.411 e. The van der Waals surface area contributed by atoms with Gasteiger partial charge in [-0.3, -0.25) is 4.79 Å². The number of carbonyl (C=O) groups excluding carboxylic acids is 1. The summed E-state index contributed by atoms with van der Waals surface area (Å²) in [6, 6.07) is 17.7. The van der Waals surface area contributed by atoms with Crippen LogP contribution in [0.2, 0.25) is 0 Å². The molecular formula is C28H31FN2O4. The molecule has 2 aromatic carbocycles. The largest absolute Gasteiger partial charge is 0.438 e. The van der Waals surface area contributed by atoms with Crippen LogP contribution in [-0.2, 0) is 17.4 Å². The van der Waals surface area contributed by atoms with Crippen LogP contribution in [0.3, 0.4) is 0 Å². The van der Waals surface area contributed by atoms with E-state index in [0.29, 0.717) is 18.5 Å². The number of pyridine rings is 1. The number of aromatic nitrogens is 1. The second-order valence-electron chi connectivity index (χ2n) is 9.94. The van der Waals surface area contributed by atoms with Crippen LogP contribution in [0.1, 0.15) is 50.8 Å². The maximum absolute atomic E-state index is 14.4. The first-order chi connectivity index (χ1) is 16.5. The molecule has 1 amide bonds. The van der Waals surface area contributed by atoms with Gasteiger partial charge in [0.1, 0.15) is 11.4 Å². The summed E-state index contributed by atoms with van der Waals surface area (Å²) in [4.78, 5) is 26.8. The molecule has 0 aliphatic carbocycles. The molecule has 0 saturated carbocycles. The van der Waals surface area contributed by atoms with Crippen molar-refractivity contribution < 1.29 is 19.0 Å². The Bertz CT molecular complexity index is 1260. The number of amides is 1. The fourth-order valence-electron chi connectivity index (χ4n) is 4.83. The molecule has 6 nitrogen and oxygen atoms in total. The molecule has 2 atom stereocenters. The standard InChI is InChI=1S/C28H31FN2O4/c1-19(20-10-12-21(13-11-20)23-16-25(32)30(4)17-24(23)29)31-15-14-28(35-26(31)33,18-27(2,3)34)22-8-6-5-7-9-22/h5-13,16-17,19,34H,14-15,18H2,1-4H3. The molecule has 4 rings (SSSR count). The van der Waals surface area contributed by atoms with Crippen molar-refractivity contribution in [3.05, 3.63) is 94.2 Å². The van der Waals surface area contributed by atoms with Gasteiger partial charge in [0.25, 0.3) is 5.56 Å². The molecule has 184 valence electrons. The van der Waals surface area contributed by atoms with Gasteiger partial charge in [0.15, 0.2) is 0 Å². The van der Waals surface area contributed by atoms with Crippen LogP contribution >= 0.6 is 0 Å². The molecular weight excluding hydrogens is 447 g/mol. The molecule has 2 heterocycles. The predicted molar refractivity (Wildman–Crippen MR) is 132 cm³/mol. The molecule has 0 radical (unpaired) electrons. The lowest BCUT2D eigenvalue weighted by atomic mass is 9.80. The highest BCUT2D eigenvalue weighted by molar-refractivity contribution is 5.70. The highest BCUT2D eigenvalue weighted by Gasteiger charge is 2.46. The number of hydrogen-bond donors (Lipinski definition) is 1. The molecule has 1 aromatic heterocycles. The van der Waals surface area contributed by atoms with Crippen molar-refractivity contribution in [3.8, 4) is 11.1 Å². The van der Waals surface area contributed by atoms with Gasteiger partial charge < -0.3 is 19.3 Å². The van der Waals surface area contributed by atoms with E-state index < -0.39 is 23.1 Å². The van der Waals surface area contributed by atoms with E-state index in [1.807, 2.05) is 49.4 Å². The minimum atomic E-state index is -1.02. The quantitative estimate of drug-likeness (QED) is 0.532. The van der Waals surface area contributed by atoms with E-state index in [1.54, 1.807) is 30.9 Å².